The molecule has 0 radical (unpaired) electrons. The smallest absolute Gasteiger partial charge is 0.325 e. The maximum atomic E-state index is 11.4. The molecule has 92 valence electrons. The van der Waals surface area contributed by atoms with Crippen LogP contribution in [0.15, 0.2) is 45.7 Å². The molecule has 0 saturated carbocycles. The van der Waals surface area contributed by atoms with Crippen LogP contribution in [-0.4, -0.2) is 20.9 Å². The zero-order chi connectivity index (χ0) is 13.1. The van der Waals surface area contributed by atoms with Gasteiger partial charge in [-0.25, -0.2) is 4.68 Å². The van der Waals surface area contributed by atoms with Crippen LogP contribution in [-0.2, 0) is 11.3 Å². The summed E-state index contributed by atoms with van der Waals surface area (Å²) in [5.74, 6) is -1.10. The topological polar surface area (TPSA) is 72.2 Å². The first-order chi connectivity index (χ1) is 8.56. The van der Waals surface area contributed by atoms with Gasteiger partial charge >= 0.3 is 5.97 Å². The Balaban J connectivity index is 2.43. The van der Waals surface area contributed by atoms with Gasteiger partial charge in [0.15, 0.2) is 0 Å². The van der Waals surface area contributed by atoms with Gasteiger partial charge in [0.1, 0.15) is 6.54 Å². The first-order valence-corrected chi connectivity index (χ1v) is 5.91. The fourth-order valence-electron chi connectivity index (χ4n) is 1.46. The van der Waals surface area contributed by atoms with E-state index in [9.17, 15) is 9.59 Å². The zero-order valence-corrected chi connectivity index (χ0v) is 10.8. The number of halogens is 1. The van der Waals surface area contributed by atoms with E-state index >= 15 is 0 Å². The number of aliphatic carboxylic acids is 1. The van der Waals surface area contributed by atoms with E-state index in [-0.39, 0.29) is 0 Å². The third-order valence-corrected chi connectivity index (χ3v) is 2.82. The SMILES string of the molecule is O=C(O)Cn1nc(-c2ccc(Br)cc2)ccc1=O. The highest BCUT2D eigenvalue weighted by molar-refractivity contribution is 9.10. The van der Waals surface area contributed by atoms with E-state index in [2.05, 4.69) is 21.0 Å². The molecule has 1 aromatic heterocycles. The molecule has 2 aromatic rings. The van der Waals surface area contributed by atoms with Crippen LogP contribution >= 0.6 is 15.9 Å². The molecule has 0 aliphatic rings. The van der Waals surface area contributed by atoms with Gasteiger partial charge in [0.25, 0.3) is 5.56 Å². The Morgan fingerprint density at radius 1 is 1.22 bits per heavy atom. The van der Waals surface area contributed by atoms with E-state index in [0.29, 0.717) is 5.69 Å². The predicted octanol–water partition coefficient (Wildman–Crippen LogP) is 1.76. The molecule has 5 nitrogen and oxygen atoms in total. The largest absolute Gasteiger partial charge is 0.480 e. The third-order valence-electron chi connectivity index (χ3n) is 2.29. The molecule has 1 N–H and O–H groups in total. The van der Waals surface area contributed by atoms with E-state index in [1.807, 2.05) is 24.3 Å². The van der Waals surface area contributed by atoms with E-state index in [1.54, 1.807) is 6.07 Å². The number of carbonyl (C=O) groups is 1. The molecule has 0 amide bonds. The molecule has 6 heteroatoms. The van der Waals surface area contributed by atoms with Crippen LogP contribution in [0, 0.1) is 0 Å². The van der Waals surface area contributed by atoms with Crippen LogP contribution < -0.4 is 5.56 Å². The van der Waals surface area contributed by atoms with Gasteiger partial charge in [-0.05, 0) is 18.2 Å². The van der Waals surface area contributed by atoms with Crippen molar-refractivity contribution in [2.24, 2.45) is 0 Å². The van der Waals surface area contributed by atoms with E-state index in [4.69, 9.17) is 5.11 Å². The van der Waals surface area contributed by atoms with Gasteiger partial charge in [-0.15, -0.1) is 0 Å². The molecule has 1 heterocycles. The molecule has 0 fully saturated rings. The molecule has 0 atom stereocenters. The maximum absolute atomic E-state index is 11.4. The summed E-state index contributed by atoms with van der Waals surface area (Å²) in [7, 11) is 0. The van der Waals surface area contributed by atoms with Gasteiger partial charge in [-0.3, -0.25) is 9.59 Å². The van der Waals surface area contributed by atoms with Crippen molar-refractivity contribution in [3.63, 3.8) is 0 Å². The van der Waals surface area contributed by atoms with Gasteiger partial charge in [-0.1, -0.05) is 28.1 Å². The molecular weight excluding hydrogens is 300 g/mol. The number of nitrogens with zero attached hydrogens (tertiary/aromatic N) is 2. The second-order valence-corrected chi connectivity index (χ2v) is 4.53. The van der Waals surface area contributed by atoms with E-state index in [0.717, 1.165) is 14.7 Å². The molecule has 0 aliphatic carbocycles. The lowest BCUT2D eigenvalue weighted by Crippen LogP contribution is -2.25. The van der Waals surface area contributed by atoms with Crippen LogP contribution in [0.1, 0.15) is 0 Å². The molecule has 0 aliphatic heterocycles. The summed E-state index contributed by atoms with van der Waals surface area (Å²) in [5, 5.41) is 12.7. The van der Waals surface area contributed by atoms with Crippen LogP contribution in [0.5, 0.6) is 0 Å². The van der Waals surface area contributed by atoms with Crippen LogP contribution in [0.2, 0.25) is 0 Å². The fraction of sp³-hybridized carbons (Fsp3) is 0.0833. The van der Waals surface area contributed by atoms with Crippen molar-refractivity contribution in [3.05, 3.63) is 51.2 Å². The Kier molecular flexibility index (Phi) is 3.57. The standard InChI is InChI=1S/C12H9BrN2O3/c13-9-3-1-8(2-4-9)10-5-6-11(16)15(14-10)7-12(17)18/h1-6H,7H2,(H,17,18). The first kappa shape index (κ1) is 12.5. The third kappa shape index (κ3) is 2.84. The Hall–Kier alpha value is -1.95. The molecular formula is C12H9BrN2O3. The summed E-state index contributed by atoms with van der Waals surface area (Å²) in [6, 6.07) is 10.3. The Labute approximate surface area is 111 Å². The quantitative estimate of drug-likeness (QED) is 0.937. The summed E-state index contributed by atoms with van der Waals surface area (Å²) in [6.45, 7) is -0.441. The molecule has 0 bridgehead atoms. The summed E-state index contributed by atoms with van der Waals surface area (Å²) in [6.07, 6.45) is 0. The van der Waals surface area contributed by atoms with Crippen molar-refractivity contribution in [2.75, 3.05) is 0 Å². The Morgan fingerprint density at radius 2 is 1.89 bits per heavy atom. The number of carboxylic acid groups (broad SMARTS) is 1. The number of rotatable bonds is 3. The van der Waals surface area contributed by atoms with E-state index in [1.165, 1.54) is 6.07 Å². The van der Waals surface area contributed by atoms with Crippen molar-refractivity contribution in [3.8, 4) is 11.3 Å². The van der Waals surface area contributed by atoms with Crippen molar-refractivity contribution in [2.45, 2.75) is 6.54 Å². The molecule has 2 rings (SSSR count). The lowest BCUT2D eigenvalue weighted by Gasteiger charge is -2.04. The van der Waals surface area contributed by atoms with Crippen molar-refractivity contribution in [1.29, 1.82) is 0 Å². The number of carboxylic acids is 1. The van der Waals surface area contributed by atoms with Crippen LogP contribution in [0.3, 0.4) is 0 Å². The minimum atomic E-state index is -1.10. The van der Waals surface area contributed by atoms with Crippen LogP contribution in [0.25, 0.3) is 11.3 Å². The molecule has 0 saturated heterocycles. The number of hydrogen-bond donors (Lipinski definition) is 1. The highest BCUT2D eigenvalue weighted by Gasteiger charge is 2.06. The normalized spacial score (nSPS) is 10.3. The number of benzene rings is 1. The summed E-state index contributed by atoms with van der Waals surface area (Å²) >= 11 is 3.32. The van der Waals surface area contributed by atoms with Gasteiger partial charge in [-0.2, -0.15) is 5.10 Å². The van der Waals surface area contributed by atoms with Crippen molar-refractivity contribution in [1.82, 2.24) is 9.78 Å². The Bertz CT molecular complexity index is 635. The Morgan fingerprint density at radius 3 is 2.50 bits per heavy atom. The maximum Gasteiger partial charge on any atom is 0.325 e. The average Bonchev–Trinajstić information content (AvgIpc) is 2.32. The lowest BCUT2D eigenvalue weighted by molar-refractivity contribution is -0.138. The molecule has 0 unspecified atom stereocenters. The predicted molar refractivity (Wildman–Crippen MR) is 69.3 cm³/mol. The lowest BCUT2D eigenvalue weighted by atomic mass is 10.1. The molecule has 1 aromatic carbocycles. The van der Waals surface area contributed by atoms with Gasteiger partial charge in [0, 0.05) is 16.1 Å². The van der Waals surface area contributed by atoms with Crippen molar-refractivity contribution >= 4 is 21.9 Å². The zero-order valence-electron chi connectivity index (χ0n) is 9.21. The minimum absolute atomic E-state index is 0.432. The van der Waals surface area contributed by atoms with Crippen LogP contribution in [0.4, 0.5) is 0 Å². The average molecular weight is 309 g/mol. The summed E-state index contributed by atoms with van der Waals surface area (Å²) < 4.78 is 1.87. The van der Waals surface area contributed by atoms with Gasteiger partial charge in [0.2, 0.25) is 0 Å². The minimum Gasteiger partial charge on any atom is -0.480 e. The summed E-state index contributed by atoms with van der Waals surface area (Å²) in [4.78, 5) is 22.0. The first-order valence-electron chi connectivity index (χ1n) is 5.12. The second kappa shape index (κ2) is 5.14. The van der Waals surface area contributed by atoms with Crippen molar-refractivity contribution < 1.29 is 9.90 Å². The number of hydrogen-bond acceptors (Lipinski definition) is 3. The molecule has 18 heavy (non-hydrogen) atoms. The second-order valence-electron chi connectivity index (χ2n) is 3.62. The van der Waals surface area contributed by atoms with Gasteiger partial charge < -0.3 is 5.11 Å². The highest BCUT2D eigenvalue weighted by atomic mass is 79.9. The van der Waals surface area contributed by atoms with Gasteiger partial charge in [0.05, 0.1) is 5.69 Å². The molecule has 0 spiro atoms. The highest BCUT2D eigenvalue weighted by Crippen LogP contribution is 2.18. The number of aromatic nitrogens is 2. The summed E-state index contributed by atoms with van der Waals surface area (Å²) in [5.41, 5.74) is 0.943. The van der Waals surface area contributed by atoms with E-state index < -0.39 is 18.1 Å². The monoisotopic (exact) mass is 308 g/mol. The fourth-order valence-corrected chi connectivity index (χ4v) is 1.73.